The average molecular weight is 194 g/mol. The summed E-state index contributed by atoms with van der Waals surface area (Å²) in [6.07, 6.45) is 0. The summed E-state index contributed by atoms with van der Waals surface area (Å²) in [4.78, 5) is 0. The Morgan fingerprint density at radius 1 is 0.429 bits per heavy atom. The fourth-order valence-corrected chi connectivity index (χ4v) is 0. The third-order valence-corrected chi connectivity index (χ3v) is 0. The van der Waals surface area contributed by atoms with Crippen molar-refractivity contribution in [2.24, 2.45) is 0 Å². The van der Waals surface area contributed by atoms with E-state index in [-0.39, 0.29) is 142 Å². The maximum absolute atomic E-state index is 0. The van der Waals surface area contributed by atoms with Crippen LogP contribution < -0.4 is 103 Å². The topological polar surface area (TPSA) is 114 Å². The van der Waals surface area contributed by atoms with Crippen LogP contribution in [0, 0.1) is 0 Å². The first kappa shape index (κ1) is 74.5. The van der Waals surface area contributed by atoms with E-state index in [0.29, 0.717) is 0 Å². The van der Waals surface area contributed by atoms with Crippen molar-refractivity contribution in [3.8, 4) is 0 Å². The minimum Gasteiger partial charge on any atom is -2.00 e. The van der Waals surface area contributed by atoms with Crippen LogP contribution in [0.1, 0.15) is 0 Å². The molecule has 0 aromatic carbocycles. The Morgan fingerprint density at radius 3 is 0.429 bits per heavy atom. The van der Waals surface area contributed by atoms with Crippen molar-refractivity contribution in [3.05, 3.63) is 0 Å². The maximum Gasteiger partial charge on any atom is 6.00 e. The van der Waals surface area contributed by atoms with Crippen molar-refractivity contribution in [2.75, 3.05) is 0 Å². The van der Waals surface area contributed by atoms with Gasteiger partial charge in [-0.1, -0.05) is 0 Å². The summed E-state index contributed by atoms with van der Waals surface area (Å²) in [7, 11) is 0. The molecular formula is CrK2O4. The molecule has 0 aliphatic heterocycles. The van der Waals surface area contributed by atoms with E-state index >= 15 is 0 Å². The summed E-state index contributed by atoms with van der Waals surface area (Å²) >= 11 is 0. The van der Waals surface area contributed by atoms with Gasteiger partial charge in [-0.05, 0) is 0 Å². The predicted octanol–water partition coefficient (Wildman–Crippen LogP) is -6.47. The molecule has 0 atom stereocenters. The average Bonchev–Trinajstić information content (AvgIpc) is 0. The minimum absolute atomic E-state index is 0. The third kappa shape index (κ3) is 42.4. The van der Waals surface area contributed by atoms with Crippen LogP contribution in [0.3, 0.4) is 0 Å². The van der Waals surface area contributed by atoms with E-state index in [4.69, 9.17) is 0 Å². The molecule has 0 spiro atoms. The zero-order valence-corrected chi connectivity index (χ0v) is 11.6. The maximum atomic E-state index is 0. The molecule has 0 saturated heterocycles. The number of rotatable bonds is 0. The van der Waals surface area contributed by atoms with Gasteiger partial charge in [0.05, 0.1) is 0 Å². The molecule has 0 N–H and O–H groups in total. The van der Waals surface area contributed by atoms with Gasteiger partial charge >= 0.3 is 120 Å². The van der Waals surface area contributed by atoms with Crippen molar-refractivity contribution in [3.63, 3.8) is 0 Å². The van der Waals surface area contributed by atoms with Gasteiger partial charge in [0, 0.05) is 0 Å². The van der Waals surface area contributed by atoms with E-state index < -0.39 is 0 Å². The van der Waals surface area contributed by atoms with Crippen molar-refractivity contribution in [2.45, 2.75) is 0 Å². The molecule has 0 heterocycles. The molecule has 0 radical (unpaired) electrons. The van der Waals surface area contributed by atoms with E-state index in [1.807, 2.05) is 0 Å². The van der Waals surface area contributed by atoms with Gasteiger partial charge in [0.15, 0.2) is 0 Å². The Balaban J connectivity index is 0. The molecule has 0 aromatic rings. The molecule has 0 aliphatic carbocycles. The Bertz CT molecular complexity index is 9.65. The molecule has 0 aromatic heterocycles. The van der Waals surface area contributed by atoms with Gasteiger partial charge < -0.3 is 21.9 Å². The van der Waals surface area contributed by atoms with Crippen molar-refractivity contribution in [1.29, 1.82) is 0 Å². The molecular weight excluding hydrogens is 194 g/mol. The summed E-state index contributed by atoms with van der Waals surface area (Å²) in [6, 6.07) is 0. The van der Waals surface area contributed by atoms with E-state index in [1.54, 1.807) is 0 Å². The van der Waals surface area contributed by atoms with Gasteiger partial charge in [-0.25, -0.2) is 0 Å². The SMILES string of the molecule is [Cr+6].[K+].[K+].[O-2].[O-2].[O-2].[O-2]. The van der Waals surface area contributed by atoms with Crippen LogP contribution in [0.5, 0.6) is 0 Å². The molecule has 0 amide bonds. The summed E-state index contributed by atoms with van der Waals surface area (Å²) < 4.78 is 0. The first-order valence-corrected chi connectivity index (χ1v) is 0. The summed E-state index contributed by atoms with van der Waals surface area (Å²) in [5.41, 5.74) is 0. The molecule has 0 saturated carbocycles. The molecule has 32 valence electrons. The standard InChI is InChI=1S/Cr.2K.4O/q+6;2*+1;4*-2. The van der Waals surface area contributed by atoms with Gasteiger partial charge in [-0.15, -0.1) is 0 Å². The van der Waals surface area contributed by atoms with Crippen LogP contribution in [-0.4, -0.2) is 0 Å². The van der Waals surface area contributed by atoms with Gasteiger partial charge in [0.2, 0.25) is 0 Å². The van der Waals surface area contributed by atoms with Crippen LogP contribution in [0.2, 0.25) is 0 Å². The molecule has 4 nitrogen and oxygen atoms in total. The first-order valence-electron chi connectivity index (χ1n) is 0. The Hall–Kier alpha value is 3.65. The quantitative estimate of drug-likeness (QED) is 0.341. The first-order chi connectivity index (χ1) is 0. The zero-order chi connectivity index (χ0) is 0. The van der Waals surface area contributed by atoms with Crippen molar-refractivity contribution >= 4 is 0 Å². The van der Waals surface area contributed by atoms with E-state index in [2.05, 4.69) is 0 Å². The van der Waals surface area contributed by atoms with E-state index in [0.717, 1.165) is 0 Å². The fourth-order valence-electron chi connectivity index (χ4n) is 0. The van der Waals surface area contributed by atoms with Crippen molar-refractivity contribution < 1.29 is 142 Å². The number of hydrogen-bond acceptors (Lipinski definition) is 0. The van der Waals surface area contributed by atoms with Gasteiger partial charge in [-0.3, -0.25) is 0 Å². The predicted molar refractivity (Wildman–Crippen MR) is 2.75 cm³/mol. The zero-order valence-electron chi connectivity index (χ0n) is 4.04. The van der Waals surface area contributed by atoms with E-state index in [9.17, 15) is 0 Å². The van der Waals surface area contributed by atoms with Crippen LogP contribution in [0.25, 0.3) is 0 Å². The smallest absolute Gasteiger partial charge is 2.00 e. The monoisotopic (exact) mass is 194 g/mol. The van der Waals surface area contributed by atoms with Gasteiger partial charge in [0.1, 0.15) is 0 Å². The number of hydrogen-bond donors (Lipinski definition) is 0. The van der Waals surface area contributed by atoms with E-state index in [1.165, 1.54) is 0 Å². The second kappa shape index (κ2) is 54.3. The largest absolute Gasteiger partial charge is 6.00 e. The molecule has 7 heteroatoms. The van der Waals surface area contributed by atoms with Crippen LogP contribution in [0.15, 0.2) is 0 Å². The van der Waals surface area contributed by atoms with Crippen LogP contribution >= 0.6 is 0 Å². The summed E-state index contributed by atoms with van der Waals surface area (Å²) in [5, 5.41) is 0. The Labute approximate surface area is 138 Å². The molecule has 0 unspecified atom stereocenters. The fraction of sp³-hybridized carbons (Fsp3) is 0. The molecule has 7 heavy (non-hydrogen) atoms. The molecule has 0 bridgehead atoms. The minimum atomic E-state index is 0. The summed E-state index contributed by atoms with van der Waals surface area (Å²) in [5.74, 6) is 0. The normalized spacial score (nSPS) is 0. The third-order valence-electron chi connectivity index (χ3n) is 0. The van der Waals surface area contributed by atoms with Crippen LogP contribution in [-0.2, 0) is 39.3 Å². The second-order valence-electron chi connectivity index (χ2n) is 0. The molecule has 0 aliphatic rings. The van der Waals surface area contributed by atoms with Crippen molar-refractivity contribution in [1.82, 2.24) is 0 Å². The van der Waals surface area contributed by atoms with Crippen LogP contribution in [0.4, 0.5) is 0 Å². The van der Waals surface area contributed by atoms with Gasteiger partial charge in [0.25, 0.3) is 0 Å². The summed E-state index contributed by atoms with van der Waals surface area (Å²) in [6.45, 7) is 0. The Kier molecular flexibility index (Phi) is 578. The molecule has 0 rings (SSSR count). The molecule has 0 fully saturated rings. The van der Waals surface area contributed by atoms with Gasteiger partial charge in [-0.2, -0.15) is 0 Å². The second-order valence-corrected chi connectivity index (χ2v) is 0. The Morgan fingerprint density at radius 2 is 0.429 bits per heavy atom.